The highest BCUT2D eigenvalue weighted by molar-refractivity contribution is 7.85. The molecule has 0 radical (unpaired) electrons. The molecule has 0 amide bonds. The van der Waals surface area contributed by atoms with Crippen molar-refractivity contribution in [3.05, 3.63) is 41.6 Å². The molecular weight excluding hydrogens is 378 g/mol. The van der Waals surface area contributed by atoms with Crippen molar-refractivity contribution >= 4 is 21.0 Å². The Morgan fingerprint density at radius 2 is 1.96 bits per heavy atom. The van der Waals surface area contributed by atoms with Gasteiger partial charge in [0.1, 0.15) is 16.7 Å². The summed E-state index contributed by atoms with van der Waals surface area (Å²) in [5, 5.41) is 20.7. The van der Waals surface area contributed by atoms with Crippen LogP contribution in [-0.4, -0.2) is 27.6 Å². The van der Waals surface area contributed by atoms with Crippen molar-refractivity contribution in [3.8, 4) is 23.2 Å². The van der Waals surface area contributed by atoms with Crippen LogP contribution in [0.3, 0.4) is 0 Å². The molecule has 1 fully saturated rings. The number of hydrogen-bond donors (Lipinski definition) is 2. The smallest absolute Gasteiger partial charge is 0.296 e. The first-order valence-corrected chi connectivity index (χ1v) is 10.5. The number of aryl methyl sites for hydroxylation is 1. The SMILES string of the molecule is Cc1cc2c(cc1O)c(C#N)c(-c1ccc(S(=O)(=O)O)cn1)n2C1CCCC1. The van der Waals surface area contributed by atoms with Gasteiger partial charge in [0.15, 0.2) is 0 Å². The summed E-state index contributed by atoms with van der Waals surface area (Å²) < 4.78 is 34.0. The molecule has 1 aromatic carbocycles. The van der Waals surface area contributed by atoms with Crippen LogP contribution in [0.4, 0.5) is 0 Å². The van der Waals surface area contributed by atoms with Crippen molar-refractivity contribution in [2.24, 2.45) is 0 Å². The van der Waals surface area contributed by atoms with E-state index in [0.717, 1.165) is 43.0 Å². The molecule has 0 spiro atoms. The number of rotatable bonds is 3. The summed E-state index contributed by atoms with van der Waals surface area (Å²) in [6.07, 6.45) is 5.23. The average molecular weight is 397 g/mol. The minimum absolute atomic E-state index is 0.119. The van der Waals surface area contributed by atoms with E-state index in [1.165, 1.54) is 12.1 Å². The Morgan fingerprint density at radius 3 is 2.54 bits per heavy atom. The van der Waals surface area contributed by atoms with Crippen LogP contribution in [0, 0.1) is 18.3 Å². The Hall–Kier alpha value is -2.89. The molecule has 2 N–H and O–H groups in total. The zero-order valence-corrected chi connectivity index (χ0v) is 16.1. The standard InChI is InChI=1S/C20H19N3O4S/c1-12-8-18-15(9-19(12)24)16(10-21)20(23(18)13-4-2-3-5-13)17-7-6-14(11-22-17)28(25,26)27/h6-9,11,13,24H,2-5H2,1H3,(H,25,26,27). The number of nitriles is 1. The monoisotopic (exact) mass is 397 g/mol. The second-order valence-electron chi connectivity index (χ2n) is 7.15. The van der Waals surface area contributed by atoms with Gasteiger partial charge in [-0.1, -0.05) is 12.8 Å². The molecule has 0 aliphatic heterocycles. The summed E-state index contributed by atoms with van der Waals surface area (Å²) in [6, 6.07) is 8.68. The van der Waals surface area contributed by atoms with Gasteiger partial charge in [-0.3, -0.25) is 9.54 Å². The molecule has 3 aromatic rings. The molecule has 7 nitrogen and oxygen atoms in total. The fourth-order valence-corrected chi connectivity index (χ4v) is 4.45. The molecule has 8 heteroatoms. The molecule has 0 bridgehead atoms. The molecule has 1 aliphatic rings. The highest BCUT2D eigenvalue weighted by atomic mass is 32.2. The maximum absolute atomic E-state index is 11.3. The van der Waals surface area contributed by atoms with Crippen LogP contribution in [0.15, 0.2) is 35.4 Å². The first-order chi connectivity index (χ1) is 13.3. The van der Waals surface area contributed by atoms with Crippen molar-refractivity contribution < 1.29 is 18.1 Å². The molecule has 144 valence electrons. The normalized spacial score (nSPS) is 15.2. The van der Waals surface area contributed by atoms with E-state index in [4.69, 9.17) is 0 Å². The van der Waals surface area contributed by atoms with Crippen LogP contribution in [-0.2, 0) is 10.1 Å². The summed E-state index contributed by atoms with van der Waals surface area (Å²) >= 11 is 0. The van der Waals surface area contributed by atoms with Gasteiger partial charge in [0.2, 0.25) is 0 Å². The lowest BCUT2D eigenvalue weighted by atomic mass is 10.1. The summed E-state index contributed by atoms with van der Waals surface area (Å²) in [6.45, 7) is 1.81. The van der Waals surface area contributed by atoms with Crippen LogP contribution < -0.4 is 0 Å². The van der Waals surface area contributed by atoms with Crippen LogP contribution in [0.25, 0.3) is 22.3 Å². The third-order valence-electron chi connectivity index (χ3n) is 5.40. The molecule has 2 heterocycles. The molecule has 1 aliphatic carbocycles. The Bertz CT molecular complexity index is 1220. The van der Waals surface area contributed by atoms with E-state index in [1.54, 1.807) is 6.07 Å². The predicted octanol–water partition coefficient (Wildman–Crippen LogP) is 3.95. The highest BCUT2D eigenvalue weighted by Gasteiger charge is 2.27. The van der Waals surface area contributed by atoms with Gasteiger partial charge < -0.3 is 9.67 Å². The van der Waals surface area contributed by atoms with Gasteiger partial charge in [-0.15, -0.1) is 0 Å². The van der Waals surface area contributed by atoms with Gasteiger partial charge in [-0.25, -0.2) is 0 Å². The number of aromatic nitrogens is 2. The lowest BCUT2D eigenvalue weighted by Crippen LogP contribution is -2.08. The van der Waals surface area contributed by atoms with Crippen LogP contribution in [0.1, 0.15) is 42.9 Å². The lowest BCUT2D eigenvalue weighted by Gasteiger charge is -2.18. The Morgan fingerprint density at radius 1 is 1.25 bits per heavy atom. The van der Waals surface area contributed by atoms with Crippen molar-refractivity contribution in [1.82, 2.24) is 9.55 Å². The molecule has 0 unspecified atom stereocenters. The van der Waals surface area contributed by atoms with Gasteiger partial charge in [-0.2, -0.15) is 13.7 Å². The number of phenolic OH excluding ortho intramolecular Hbond substituents is 1. The first kappa shape index (κ1) is 18.5. The van der Waals surface area contributed by atoms with Gasteiger partial charge in [-0.05, 0) is 49.6 Å². The van der Waals surface area contributed by atoms with E-state index in [0.29, 0.717) is 22.3 Å². The molecule has 0 saturated heterocycles. The molecule has 28 heavy (non-hydrogen) atoms. The molecule has 1 saturated carbocycles. The van der Waals surface area contributed by atoms with Crippen LogP contribution >= 0.6 is 0 Å². The minimum atomic E-state index is -4.35. The van der Waals surface area contributed by atoms with Gasteiger partial charge >= 0.3 is 0 Å². The molecule has 0 atom stereocenters. The number of fused-ring (bicyclic) bond motifs is 1. The number of phenols is 1. The van der Waals surface area contributed by atoms with Crippen molar-refractivity contribution in [2.75, 3.05) is 0 Å². The van der Waals surface area contributed by atoms with Crippen molar-refractivity contribution in [3.63, 3.8) is 0 Å². The zero-order chi connectivity index (χ0) is 20.1. The fraction of sp³-hybridized carbons (Fsp3) is 0.300. The maximum Gasteiger partial charge on any atom is 0.296 e. The Labute approximate surface area is 162 Å². The number of pyridine rings is 1. The summed E-state index contributed by atoms with van der Waals surface area (Å²) in [7, 11) is -4.35. The predicted molar refractivity (Wildman–Crippen MR) is 104 cm³/mol. The van der Waals surface area contributed by atoms with E-state index in [1.807, 2.05) is 13.0 Å². The van der Waals surface area contributed by atoms with Crippen molar-refractivity contribution in [2.45, 2.75) is 43.5 Å². The first-order valence-electron chi connectivity index (χ1n) is 9.03. The highest BCUT2D eigenvalue weighted by Crippen LogP contribution is 2.42. The number of aromatic hydroxyl groups is 1. The van der Waals surface area contributed by atoms with Gasteiger partial charge in [0.05, 0.1) is 22.5 Å². The minimum Gasteiger partial charge on any atom is -0.508 e. The quantitative estimate of drug-likeness (QED) is 0.646. The zero-order valence-electron chi connectivity index (χ0n) is 15.3. The lowest BCUT2D eigenvalue weighted by molar-refractivity contribution is 0.471. The fourth-order valence-electron chi connectivity index (χ4n) is 4.03. The van der Waals surface area contributed by atoms with Crippen LogP contribution in [0.5, 0.6) is 5.75 Å². The maximum atomic E-state index is 11.3. The largest absolute Gasteiger partial charge is 0.508 e. The second kappa shape index (κ2) is 6.62. The van der Waals surface area contributed by atoms with E-state index in [2.05, 4.69) is 15.6 Å². The number of nitrogens with zero attached hydrogens (tertiary/aromatic N) is 3. The van der Waals surface area contributed by atoms with Crippen LogP contribution in [0.2, 0.25) is 0 Å². The molecular formula is C20H19N3O4S. The summed E-state index contributed by atoms with van der Waals surface area (Å²) in [5.41, 5.74) is 3.02. The summed E-state index contributed by atoms with van der Waals surface area (Å²) in [4.78, 5) is 3.92. The van der Waals surface area contributed by atoms with Gasteiger partial charge in [0.25, 0.3) is 10.1 Å². The Kier molecular flexibility index (Phi) is 4.37. The average Bonchev–Trinajstić information content (AvgIpc) is 3.27. The van der Waals surface area contributed by atoms with Crippen molar-refractivity contribution in [1.29, 1.82) is 5.26 Å². The second-order valence-corrected chi connectivity index (χ2v) is 8.58. The topological polar surface area (TPSA) is 116 Å². The summed E-state index contributed by atoms with van der Waals surface area (Å²) in [5.74, 6) is 0.119. The molecule has 2 aromatic heterocycles. The number of benzene rings is 1. The third kappa shape index (κ3) is 2.93. The van der Waals surface area contributed by atoms with Gasteiger partial charge in [0, 0.05) is 17.6 Å². The van der Waals surface area contributed by atoms with E-state index in [-0.39, 0.29) is 16.7 Å². The third-order valence-corrected chi connectivity index (χ3v) is 6.24. The molecule has 4 rings (SSSR count). The Balaban J connectivity index is 2.04. The number of hydrogen-bond acceptors (Lipinski definition) is 5. The van der Waals surface area contributed by atoms with E-state index < -0.39 is 10.1 Å². The van der Waals surface area contributed by atoms with E-state index in [9.17, 15) is 23.3 Å². The van der Waals surface area contributed by atoms with E-state index >= 15 is 0 Å².